The summed E-state index contributed by atoms with van der Waals surface area (Å²) in [4.78, 5) is 38.9. The first-order chi connectivity index (χ1) is 21.5. The molecule has 45 heavy (non-hydrogen) atoms. The summed E-state index contributed by atoms with van der Waals surface area (Å²) < 4.78 is 40.3. The highest BCUT2D eigenvalue weighted by atomic mass is 32.2. The summed E-state index contributed by atoms with van der Waals surface area (Å²) in [6.45, 7) is 4.28. The molecule has 0 spiro atoms. The van der Waals surface area contributed by atoms with E-state index in [-0.39, 0.29) is 46.6 Å². The molecule has 0 bridgehead atoms. The molecule has 5 rings (SSSR count). The van der Waals surface area contributed by atoms with Gasteiger partial charge in [0.15, 0.2) is 0 Å². The van der Waals surface area contributed by atoms with Gasteiger partial charge in [0.05, 0.1) is 28.3 Å². The van der Waals surface area contributed by atoms with E-state index in [9.17, 15) is 27.9 Å². The van der Waals surface area contributed by atoms with Crippen molar-refractivity contribution < 1.29 is 37.4 Å². The molecule has 238 valence electrons. The third kappa shape index (κ3) is 6.79. The van der Waals surface area contributed by atoms with Gasteiger partial charge in [-0.3, -0.25) is 9.59 Å². The first-order valence-corrected chi connectivity index (χ1v) is 16.3. The molecule has 11 nitrogen and oxygen atoms in total. The molecule has 0 aromatic heterocycles. The Labute approximate surface area is 262 Å². The zero-order valence-electron chi connectivity index (χ0n) is 25.1. The van der Waals surface area contributed by atoms with Crippen molar-refractivity contribution in [1.29, 1.82) is 0 Å². The molecule has 3 N–H and O–H groups in total. The smallest absolute Gasteiger partial charge is 0.404 e. The Bertz CT molecular complexity index is 1600. The predicted octanol–water partition coefficient (Wildman–Crippen LogP) is 3.78. The summed E-state index contributed by atoms with van der Waals surface area (Å²) in [5, 5.41) is 11.6. The summed E-state index contributed by atoms with van der Waals surface area (Å²) in [6.07, 6.45) is -3.01. The number of nitrogens with zero attached hydrogens (tertiary/aromatic N) is 2. The molecule has 3 amide bonds. The van der Waals surface area contributed by atoms with E-state index < -0.39 is 46.1 Å². The van der Waals surface area contributed by atoms with Crippen molar-refractivity contribution in [1.82, 2.24) is 4.31 Å². The number of fused-ring (bicyclic) bond motifs is 1. The number of hydrogen-bond donors (Lipinski definition) is 2. The zero-order valence-corrected chi connectivity index (χ0v) is 25.9. The summed E-state index contributed by atoms with van der Waals surface area (Å²) in [5.41, 5.74) is 7.06. The van der Waals surface area contributed by atoms with E-state index in [2.05, 4.69) is 0 Å². The number of carbonyl (C=O) groups excluding carboxylic acids is 3. The molecule has 3 aromatic rings. The lowest BCUT2D eigenvalue weighted by molar-refractivity contribution is -0.0274. The maximum atomic E-state index is 14.0. The predicted molar refractivity (Wildman–Crippen MR) is 166 cm³/mol. The van der Waals surface area contributed by atoms with E-state index in [0.29, 0.717) is 19.6 Å². The Balaban J connectivity index is 1.42. The molecule has 0 aliphatic carbocycles. The van der Waals surface area contributed by atoms with Gasteiger partial charge >= 0.3 is 6.09 Å². The van der Waals surface area contributed by atoms with Gasteiger partial charge in [-0.05, 0) is 60.2 Å². The minimum absolute atomic E-state index is 0.0609. The molecule has 2 heterocycles. The van der Waals surface area contributed by atoms with Gasteiger partial charge < -0.3 is 20.3 Å². The summed E-state index contributed by atoms with van der Waals surface area (Å²) in [6, 6.07) is 21.2. The number of primary amides is 1. The van der Waals surface area contributed by atoms with Crippen molar-refractivity contribution >= 4 is 33.6 Å². The number of benzene rings is 3. The fraction of sp³-hybridized carbons (Fsp3) is 0.364. The van der Waals surface area contributed by atoms with Crippen LogP contribution in [0.5, 0.6) is 0 Å². The van der Waals surface area contributed by atoms with E-state index in [0.717, 1.165) is 14.8 Å². The lowest BCUT2D eigenvalue weighted by Gasteiger charge is -2.36. The van der Waals surface area contributed by atoms with Crippen LogP contribution in [0.15, 0.2) is 83.8 Å². The van der Waals surface area contributed by atoms with Gasteiger partial charge in [-0.2, -0.15) is 4.31 Å². The maximum absolute atomic E-state index is 14.0. The standard InChI is InChI=1S/C33H37N3O8S/c1-21(2)18-35(19-28(37)30(44-33(34)40)29(23-16-17-43-20-23)22-8-4-3-5-9-22)45(41,42)25-14-12-24(13-15-25)36-31(38)26-10-6-7-11-27(26)32(36)39/h3-15,21,23,28-30,37H,16-20H2,1-2H3,(H2,34,40)/t23?,28-,29?,30-/m1/s1. The van der Waals surface area contributed by atoms with Gasteiger partial charge in [-0.1, -0.05) is 56.3 Å². The van der Waals surface area contributed by atoms with Gasteiger partial charge in [0.1, 0.15) is 12.2 Å². The van der Waals surface area contributed by atoms with Gasteiger partial charge in [-0.25, -0.2) is 18.1 Å². The molecule has 12 heteroatoms. The van der Waals surface area contributed by atoms with Crippen LogP contribution >= 0.6 is 0 Å². The lowest BCUT2D eigenvalue weighted by Crippen LogP contribution is -2.48. The van der Waals surface area contributed by atoms with Crippen molar-refractivity contribution in [3.05, 3.63) is 95.6 Å². The Morgan fingerprint density at radius 2 is 1.58 bits per heavy atom. The highest BCUT2D eigenvalue weighted by Gasteiger charge is 2.42. The van der Waals surface area contributed by atoms with Crippen LogP contribution in [0.4, 0.5) is 10.5 Å². The molecule has 2 unspecified atom stereocenters. The number of aliphatic hydroxyl groups excluding tert-OH is 1. The molecule has 1 saturated heterocycles. The van der Waals surface area contributed by atoms with Crippen LogP contribution in [0.1, 0.15) is 52.5 Å². The maximum Gasteiger partial charge on any atom is 0.404 e. The molecular formula is C33H37N3O8S. The summed E-state index contributed by atoms with van der Waals surface area (Å²) in [5.74, 6) is -1.70. The second-order valence-electron chi connectivity index (χ2n) is 11.7. The van der Waals surface area contributed by atoms with Crippen LogP contribution in [0.3, 0.4) is 0 Å². The van der Waals surface area contributed by atoms with Crippen molar-refractivity contribution in [2.75, 3.05) is 31.2 Å². The van der Waals surface area contributed by atoms with Crippen molar-refractivity contribution in [2.24, 2.45) is 17.6 Å². The molecule has 0 saturated carbocycles. The fourth-order valence-corrected chi connectivity index (χ4v) is 7.72. The number of amides is 3. The second-order valence-corrected chi connectivity index (χ2v) is 13.7. The Hall–Kier alpha value is -4.10. The molecule has 2 aliphatic heterocycles. The Morgan fingerprint density at radius 1 is 0.978 bits per heavy atom. The SMILES string of the molecule is CC(C)CN(C[C@@H](O)[C@@H](OC(N)=O)C(c1ccccc1)C1CCOC1)S(=O)(=O)c1ccc(N2C(=O)c3ccccc3C2=O)cc1. The Kier molecular flexibility index (Phi) is 9.68. The third-order valence-electron chi connectivity index (χ3n) is 8.13. The molecule has 0 radical (unpaired) electrons. The van der Waals surface area contributed by atoms with Crippen LogP contribution < -0.4 is 10.6 Å². The minimum atomic E-state index is -4.19. The van der Waals surface area contributed by atoms with E-state index in [1.807, 2.05) is 44.2 Å². The number of aliphatic hydroxyl groups is 1. The quantitative estimate of drug-likeness (QED) is 0.285. The number of rotatable bonds is 12. The summed E-state index contributed by atoms with van der Waals surface area (Å²) in [7, 11) is -4.19. The largest absolute Gasteiger partial charge is 0.443 e. The lowest BCUT2D eigenvalue weighted by atomic mass is 9.79. The van der Waals surface area contributed by atoms with Gasteiger partial charge in [0.25, 0.3) is 11.8 Å². The fourth-order valence-electron chi connectivity index (χ4n) is 6.10. The minimum Gasteiger partial charge on any atom is -0.443 e. The van der Waals surface area contributed by atoms with E-state index in [1.54, 1.807) is 24.3 Å². The van der Waals surface area contributed by atoms with Crippen LogP contribution in [-0.2, 0) is 19.5 Å². The van der Waals surface area contributed by atoms with Crippen LogP contribution in [0.2, 0.25) is 0 Å². The number of anilines is 1. The topological polar surface area (TPSA) is 157 Å². The monoisotopic (exact) mass is 635 g/mol. The highest BCUT2D eigenvalue weighted by molar-refractivity contribution is 7.89. The van der Waals surface area contributed by atoms with Gasteiger partial charge in [0, 0.05) is 25.6 Å². The third-order valence-corrected chi connectivity index (χ3v) is 9.97. The molecule has 1 fully saturated rings. The Morgan fingerprint density at radius 3 is 2.11 bits per heavy atom. The van der Waals surface area contributed by atoms with E-state index in [4.69, 9.17) is 15.2 Å². The number of carbonyl (C=O) groups is 3. The first kappa shape index (κ1) is 32.3. The highest BCUT2D eigenvalue weighted by Crippen LogP contribution is 2.37. The average molecular weight is 636 g/mol. The van der Waals surface area contributed by atoms with E-state index in [1.165, 1.54) is 24.3 Å². The van der Waals surface area contributed by atoms with Crippen LogP contribution in [-0.4, -0.2) is 74.2 Å². The van der Waals surface area contributed by atoms with Crippen molar-refractivity contribution in [3.8, 4) is 0 Å². The van der Waals surface area contributed by atoms with Crippen molar-refractivity contribution in [2.45, 2.75) is 43.3 Å². The van der Waals surface area contributed by atoms with Gasteiger partial charge in [0.2, 0.25) is 10.0 Å². The molecule has 4 atom stereocenters. The molecule has 3 aromatic carbocycles. The summed E-state index contributed by atoms with van der Waals surface area (Å²) >= 11 is 0. The number of sulfonamides is 1. The first-order valence-electron chi connectivity index (χ1n) is 14.8. The normalized spacial score (nSPS) is 18.7. The molecular weight excluding hydrogens is 598 g/mol. The number of imide groups is 1. The number of ether oxygens (including phenoxy) is 2. The second kappa shape index (κ2) is 13.5. The van der Waals surface area contributed by atoms with Crippen LogP contribution in [0.25, 0.3) is 0 Å². The van der Waals surface area contributed by atoms with Crippen molar-refractivity contribution in [3.63, 3.8) is 0 Å². The number of nitrogens with two attached hydrogens (primary N) is 1. The molecule has 2 aliphatic rings. The zero-order chi connectivity index (χ0) is 32.3. The van der Waals surface area contributed by atoms with Gasteiger partial charge in [-0.15, -0.1) is 0 Å². The van der Waals surface area contributed by atoms with Crippen LogP contribution in [0, 0.1) is 11.8 Å². The van der Waals surface area contributed by atoms with E-state index >= 15 is 0 Å². The number of hydrogen-bond acceptors (Lipinski definition) is 8. The average Bonchev–Trinajstić information content (AvgIpc) is 3.63.